The first-order valence-electron chi connectivity index (χ1n) is 7.63. The van der Waals surface area contributed by atoms with Gasteiger partial charge in [-0.2, -0.15) is 0 Å². The molecule has 0 unspecified atom stereocenters. The van der Waals surface area contributed by atoms with Crippen molar-refractivity contribution in [1.82, 2.24) is 5.32 Å². The molecule has 0 aliphatic carbocycles. The molecule has 0 atom stereocenters. The number of carboxylic acids is 1. The maximum atomic E-state index is 12.3. The Kier molecular flexibility index (Phi) is 6.17. The zero-order chi connectivity index (χ0) is 16.7. The number of hydrogen-bond donors (Lipinski definition) is 2. The molecule has 0 aliphatic heterocycles. The van der Waals surface area contributed by atoms with Crippen LogP contribution in [0.15, 0.2) is 28.7 Å². The Bertz CT molecular complexity index is 677. The number of carbonyl (C=O) groups excluding carboxylic acids is 1. The molecule has 0 saturated heterocycles. The van der Waals surface area contributed by atoms with Crippen molar-refractivity contribution in [3.63, 3.8) is 0 Å². The van der Waals surface area contributed by atoms with Gasteiger partial charge in [0.25, 0.3) is 5.91 Å². The molecule has 0 saturated carbocycles. The second kappa shape index (κ2) is 8.33. The van der Waals surface area contributed by atoms with Crippen molar-refractivity contribution in [2.75, 3.05) is 13.7 Å². The minimum Gasteiger partial charge on any atom is -0.481 e. The Labute approximate surface area is 134 Å². The molecule has 6 nitrogen and oxygen atoms in total. The van der Waals surface area contributed by atoms with Crippen molar-refractivity contribution < 1.29 is 23.8 Å². The van der Waals surface area contributed by atoms with Gasteiger partial charge in [-0.25, -0.2) is 0 Å². The molecule has 1 aromatic heterocycles. The number of carboxylic acid groups (broad SMARTS) is 1. The topological polar surface area (TPSA) is 88.8 Å². The number of nitrogens with one attached hydrogen (secondary N) is 1. The van der Waals surface area contributed by atoms with Crippen LogP contribution in [0, 0.1) is 0 Å². The van der Waals surface area contributed by atoms with Crippen LogP contribution < -0.4 is 5.32 Å². The van der Waals surface area contributed by atoms with Gasteiger partial charge in [-0.05, 0) is 18.9 Å². The molecule has 0 spiro atoms. The zero-order valence-corrected chi connectivity index (χ0v) is 13.1. The predicted octanol–water partition coefficient (Wildman–Crippen LogP) is 2.95. The maximum Gasteiger partial charge on any atom is 0.303 e. The quantitative estimate of drug-likeness (QED) is 0.694. The smallest absolute Gasteiger partial charge is 0.303 e. The minimum atomic E-state index is -0.791. The lowest BCUT2D eigenvalue weighted by atomic mass is 10.1. The third kappa shape index (κ3) is 4.56. The molecule has 1 aromatic carbocycles. The van der Waals surface area contributed by atoms with Crippen LogP contribution in [0.3, 0.4) is 0 Å². The third-order valence-corrected chi connectivity index (χ3v) is 3.55. The van der Waals surface area contributed by atoms with E-state index < -0.39 is 5.97 Å². The van der Waals surface area contributed by atoms with Crippen LogP contribution in [-0.4, -0.2) is 30.6 Å². The molecule has 2 N–H and O–H groups in total. The van der Waals surface area contributed by atoms with Gasteiger partial charge in [-0.1, -0.05) is 24.6 Å². The molecule has 6 heteroatoms. The Balaban J connectivity index is 1.95. The molecule has 0 bridgehead atoms. The number of hydrogen-bond acceptors (Lipinski definition) is 4. The Morgan fingerprint density at radius 2 is 2.00 bits per heavy atom. The summed E-state index contributed by atoms with van der Waals surface area (Å²) in [6, 6.07) is 7.46. The lowest BCUT2D eigenvalue weighted by Gasteiger charge is -2.05. The first-order chi connectivity index (χ1) is 11.1. The Morgan fingerprint density at radius 1 is 1.22 bits per heavy atom. The number of aliphatic carboxylic acids is 1. The van der Waals surface area contributed by atoms with E-state index in [9.17, 15) is 9.59 Å². The predicted molar refractivity (Wildman–Crippen MR) is 85.4 cm³/mol. The van der Waals surface area contributed by atoms with Gasteiger partial charge < -0.3 is 19.6 Å². The van der Waals surface area contributed by atoms with Crippen molar-refractivity contribution in [2.24, 2.45) is 0 Å². The average Bonchev–Trinajstić information content (AvgIpc) is 2.90. The highest BCUT2D eigenvalue weighted by molar-refractivity contribution is 5.99. The van der Waals surface area contributed by atoms with E-state index in [0.717, 1.165) is 23.8 Å². The summed E-state index contributed by atoms with van der Waals surface area (Å²) >= 11 is 0. The highest BCUT2D eigenvalue weighted by Gasteiger charge is 2.19. The number of para-hydroxylation sites is 1. The summed E-state index contributed by atoms with van der Waals surface area (Å²) in [7, 11) is 1.58. The summed E-state index contributed by atoms with van der Waals surface area (Å²) in [5.74, 6) is -0.786. The summed E-state index contributed by atoms with van der Waals surface area (Å²) < 4.78 is 10.8. The van der Waals surface area contributed by atoms with E-state index in [1.54, 1.807) is 7.11 Å². The summed E-state index contributed by atoms with van der Waals surface area (Å²) in [6.07, 6.45) is 2.27. The molecule has 2 aromatic rings. The molecule has 0 aliphatic rings. The minimum absolute atomic E-state index is 0.162. The van der Waals surface area contributed by atoms with Gasteiger partial charge in [0.2, 0.25) is 0 Å². The van der Waals surface area contributed by atoms with Crippen LogP contribution in [0.1, 0.15) is 41.8 Å². The average molecular weight is 319 g/mol. The lowest BCUT2D eigenvalue weighted by molar-refractivity contribution is -0.137. The first kappa shape index (κ1) is 17.0. The van der Waals surface area contributed by atoms with Gasteiger partial charge in [-0.15, -0.1) is 0 Å². The molecular weight excluding hydrogens is 298 g/mol. The number of furan rings is 1. The summed E-state index contributed by atoms with van der Waals surface area (Å²) in [5, 5.41) is 12.3. The number of rotatable bonds is 9. The number of methoxy groups -OCH3 is 1. The van der Waals surface area contributed by atoms with E-state index >= 15 is 0 Å². The van der Waals surface area contributed by atoms with Gasteiger partial charge in [0.05, 0.1) is 6.61 Å². The molecule has 124 valence electrons. The number of amides is 1. The molecule has 23 heavy (non-hydrogen) atoms. The fourth-order valence-electron chi connectivity index (χ4n) is 2.43. The standard InChI is InChI=1S/C17H21NO5/c1-22-11-13-12-7-4-5-8-14(12)23-16(13)17(21)18-10-6-2-3-9-15(19)20/h4-5,7-8H,2-3,6,9-11H2,1H3,(H,18,21)(H,19,20). The van der Waals surface area contributed by atoms with E-state index in [0.29, 0.717) is 25.2 Å². The van der Waals surface area contributed by atoms with Crippen LogP contribution in [0.5, 0.6) is 0 Å². The monoisotopic (exact) mass is 319 g/mol. The molecule has 2 rings (SSSR count). The van der Waals surface area contributed by atoms with Crippen molar-refractivity contribution in [1.29, 1.82) is 0 Å². The largest absolute Gasteiger partial charge is 0.481 e. The van der Waals surface area contributed by atoms with E-state index in [2.05, 4.69) is 5.32 Å². The van der Waals surface area contributed by atoms with Gasteiger partial charge in [0.1, 0.15) is 5.58 Å². The fraction of sp³-hybridized carbons (Fsp3) is 0.412. The fourth-order valence-corrected chi connectivity index (χ4v) is 2.43. The van der Waals surface area contributed by atoms with E-state index in [1.807, 2.05) is 24.3 Å². The number of ether oxygens (including phenoxy) is 1. The van der Waals surface area contributed by atoms with Crippen LogP contribution in [0.25, 0.3) is 11.0 Å². The Hall–Kier alpha value is -2.34. The number of benzene rings is 1. The summed E-state index contributed by atoms with van der Waals surface area (Å²) in [6.45, 7) is 0.792. The molecule has 1 amide bonds. The van der Waals surface area contributed by atoms with E-state index in [1.165, 1.54) is 0 Å². The van der Waals surface area contributed by atoms with Crippen molar-refractivity contribution in [3.05, 3.63) is 35.6 Å². The van der Waals surface area contributed by atoms with E-state index in [-0.39, 0.29) is 18.1 Å². The van der Waals surface area contributed by atoms with Gasteiger partial charge in [0, 0.05) is 31.0 Å². The second-order valence-electron chi connectivity index (χ2n) is 5.30. The van der Waals surface area contributed by atoms with Crippen molar-refractivity contribution in [2.45, 2.75) is 32.3 Å². The summed E-state index contributed by atoms with van der Waals surface area (Å²) in [4.78, 5) is 22.7. The zero-order valence-electron chi connectivity index (χ0n) is 13.1. The van der Waals surface area contributed by atoms with Gasteiger partial charge >= 0.3 is 5.97 Å². The van der Waals surface area contributed by atoms with Crippen LogP contribution in [0.2, 0.25) is 0 Å². The SMILES string of the molecule is COCc1c(C(=O)NCCCCCC(=O)O)oc2ccccc12. The second-order valence-corrected chi connectivity index (χ2v) is 5.30. The lowest BCUT2D eigenvalue weighted by Crippen LogP contribution is -2.25. The summed E-state index contributed by atoms with van der Waals surface area (Å²) in [5.41, 5.74) is 1.40. The third-order valence-electron chi connectivity index (χ3n) is 3.55. The Morgan fingerprint density at radius 3 is 2.74 bits per heavy atom. The maximum absolute atomic E-state index is 12.3. The van der Waals surface area contributed by atoms with Crippen LogP contribution in [0.4, 0.5) is 0 Å². The number of carbonyl (C=O) groups is 2. The molecular formula is C17H21NO5. The van der Waals surface area contributed by atoms with Gasteiger partial charge in [-0.3, -0.25) is 9.59 Å². The molecule has 1 heterocycles. The van der Waals surface area contributed by atoms with Crippen molar-refractivity contribution in [3.8, 4) is 0 Å². The van der Waals surface area contributed by atoms with Crippen molar-refractivity contribution >= 4 is 22.8 Å². The first-order valence-corrected chi connectivity index (χ1v) is 7.63. The molecule has 0 radical (unpaired) electrons. The highest BCUT2D eigenvalue weighted by Crippen LogP contribution is 2.26. The van der Waals surface area contributed by atoms with Crippen LogP contribution in [-0.2, 0) is 16.1 Å². The highest BCUT2D eigenvalue weighted by atomic mass is 16.5. The number of unbranched alkanes of at least 4 members (excludes halogenated alkanes) is 2. The van der Waals surface area contributed by atoms with E-state index in [4.69, 9.17) is 14.3 Å². The van der Waals surface area contributed by atoms with Gasteiger partial charge in [0.15, 0.2) is 5.76 Å². The number of fused-ring (bicyclic) bond motifs is 1. The normalized spacial score (nSPS) is 10.8. The molecule has 0 fully saturated rings. The van der Waals surface area contributed by atoms with Crippen LogP contribution >= 0.6 is 0 Å².